The fraction of sp³-hybridized carbons (Fsp3) is 0.0909. The predicted octanol–water partition coefficient (Wildman–Crippen LogP) is 1.72. The molecular weight excluding hydrogens is 318 g/mol. The van der Waals surface area contributed by atoms with E-state index in [0.717, 1.165) is 4.47 Å². The molecule has 0 bridgehead atoms. The van der Waals surface area contributed by atoms with Crippen molar-refractivity contribution in [1.29, 1.82) is 0 Å². The van der Waals surface area contributed by atoms with Crippen LogP contribution in [0.1, 0.15) is 5.69 Å². The Morgan fingerprint density at radius 2 is 2.00 bits per heavy atom. The van der Waals surface area contributed by atoms with Gasteiger partial charge in [0.25, 0.3) is 10.0 Å². The Labute approximate surface area is 113 Å². The van der Waals surface area contributed by atoms with Crippen LogP contribution in [0, 0.1) is 0 Å². The van der Waals surface area contributed by atoms with Crippen molar-refractivity contribution in [2.75, 3.05) is 0 Å². The third-order valence-corrected chi connectivity index (χ3v) is 3.93. The molecule has 0 fully saturated rings. The highest BCUT2D eigenvalue weighted by molar-refractivity contribution is 9.10. The highest BCUT2D eigenvalue weighted by Crippen LogP contribution is 2.11. The summed E-state index contributed by atoms with van der Waals surface area (Å²) in [5, 5.41) is -0.0124. The van der Waals surface area contributed by atoms with Crippen molar-refractivity contribution in [2.24, 2.45) is 0 Å². The molecule has 2 rings (SSSR count). The van der Waals surface area contributed by atoms with Gasteiger partial charge in [-0.2, -0.15) is 0 Å². The summed E-state index contributed by atoms with van der Waals surface area (Å²) in [7, 11) is -3.60. The molecule has 0 spiro atoms. The van der Waals surface area contributed by atoms with E-state index in [4.69, 9.17) is 0 Å². The maximum absolute atomic E-state index is 11.9. The predicted molar refractivity (Wildman–Crippen MR) is 70.2 cm³/mol. The van der Waals surface area contributed by atoms with Gasteiger partial charge in [0.1, 0.15) is 0 Å². The Morgan fingerprint density at radius 1 is 1.17 bits per heavy atom. The number of nitrogens with zero attached hydrogens (tertiary/aromatic N) is 2. The number of sulfonamides is 1. The number of hydrogen-bond acceptors (Lipinski definition) is 4. The molecule has 0 aromatic carbocycles. The standard InChI is InChI=1S/C11H10BrN3O2S/c12-9-4-5-11(14-7-9)18(16,17)15-8-10-3-1-2-6-13-10/h1-7,15H,8H2. The minimum Gasteiger partial charge on any atom is -0.260 e. The van der Waals surface area contributed by atoms with Crippen LogP contribution in [0.15, 0.2) is 52.2 Å². The van der Waals surface area contributed by atoms with E-state index in [1.165, 1.54) is 12.3 Å². The van der Waals surface area contributed by atoms with Gasteiger partial charge in [0.05, 0.1) is 12.2 Å². The molecule has 5 nitrogen and oxygen atoms in total. The molecule has 1 N–H and O–H groups in total. The summed E-state index contributed by atoms with van der Waals surface area (Å²) in [5.74, 6) is 0. The van der Waals surface area contributed by atoms with Crippen molar-refractivity contribution in [1.82, 2.24) is 14.7 Å². The zero-order chi connectivity index (χ0) is 13.0. The van der Waals surface area contributed by atoms with E-state index < -0.39 is 10.0 Å². The first-order chi connectivity index (χ1) is 8.58. The molecule has 0 aliphatic heterocycles. The van der Waals surface area contributed by atoms with Crippen molar-refractivity contribution in [3.8, 4) is 0 Å². The van der Waals surface area contributed by atoms with Gasteiger partial charge in [0.2, 0.25) is 0 Å². The highest BCUT2D eigenvalue weighted by atomic mass is 79.9. The zero-order valence-electron chi connectivity index (χ0n) is 9.25. The van der Waals surface area contributed by atoms with Crippen molar-refractivity contribution in [3.63, 3.8) is 0 Å². The summed E-state index contributed by atoms with van der Waals surface area (Å²) in [6.07, 6.45) is 3.05. The molecule has 0 aliphatic rings. The molecule has 0 amide bonds. The smallest absolute Gasteiger partial charge is 0.258 e. The summed E-state index contributed by atoms with van der Waals surface area (Å²) in [6.45, 7) is 0.140. The number of halogens is 1. The molecular formula is C11H10BrN3O2S. The second-order valence-corrected chi connectivity index (χ2v) is 6.09. The molecule has 7 heteroatoms. The number of aromatic nitrogens is 2. The largest absolute Gasteiger partial charge is 0.260 e. The van der Waals surface area contributed by atoms with Gasteiger partial charge in [0.15, 0.2) is 5.03 Å². The van der Waals surface area contributed by atoms with E-state index in [0.29, 0.717) is 5.69 Å². The third-order valence-electron chi connectivity index (χ3n) is 2.15. The van der Waals surface area contributed by atoms with Gasteiger partial charge in [-0.1, -0.05) is 6.07 Å². The molecule has 0 saturated heterocycles. The summed E-state index contributed by atoms with van der Waals surface area (Å²) in [5.41, 5.74) is 0.651. The maximum atomic E-state index is 11.9. The van der Waals surface area contributed by atoms with Gasteiger partial charge >= 0.3 is 0 Å². The maximum Gasteiger partial charge on any atom is 0.258 e. The molecule has 2 heterocycles. The van der Waals surface area contributed by atoms with Gasteiger partial charge in [-0.05, 0) is 40.2 Å². The van der Waals surface area contributed by atoms with Crippen molar-refractivity contribution < 1.29 is 8.42 Å². The topological polar surface area (TPSA) is 72.0 Å². The lowest BCUT2D eigenvalue weighted by atomic mass is 10.4. The molecule has 2 aromatic heterocycles. The third kappa shape index (κ3) is 3.34. The number of rotatable bonds is 4. The zero-order valence-corrected chi connectivity index (χ0v) is 11.6. The molecule has 18 heavy (non-hydrogen) atoms. The van der Waals surface area contributed by atoms with E-state index in [-0.39, 0.29) is 11.6 Å². The second kappa shape index (κ2) is 5.55. The number of nitrogens with one attached hydrogen (secondary N) is 1. The van der Waals surface area contributed by atoms with E-state index in [2.05, 4.69) is 30.6 Å². The van der Waals surface area contributed by atoms with Crippen LogP contribution in [-0.2, 0) is 16.6 Å². The van der Waals surface area contributed by atoms with Crippen LogP contribution in [0.25, 0.3) is 0 Å². The average molecular weight is 328 g/mol. The number of hydrogen-bond donors (Lipinski definition) is 1. The Bertz CT molecular complexity index is 614. The Kier molecular flexibility index (Phi) is 4.05. The van der Waals surface area contributed by atoms with Crippen LogP contribution in [0.2, 0.25) is 0 Å². The van der Waals surface area contributed by atoms with Crippen molar-refractivity contribution in [2.45, 2.75) is 11.6 Å². The van der Waals surface area contributed by atoms with E-state index in [1.54, 1.807) is 30.5 Å². The summed E-state index contributed by atoms with van der Waals surface area (Å²) in [4.78, 5) is 7.88. The Balaban J connectivity index is 2.11. The van der Waals surface area contributed by atoms with Gasteiger partial charge in [-0.3, -0.25) is 4.98 Å². The SMILES string of the molecule is O=S(=O)(NCc1ccccn1)c1ccc(Br)cn1. The van der Waals surface area contributed by atoms with Crippen LogP contribution in [0.3, 0.4) is 0 Å². The first-order valence-corrected chi connectivity index (χ1v) is 7.37. The molecule has 2 aromatic rings. The van der Waals surface area contributed by atoms with Gasteiger partial charge in [-0.25, -0.2) is 18.1 Å². The van der Waals surface area contributed by atoms with Crippen molar-refractivity contribution >= 4 is 26.0 Å². The summed E-state index contributed by atoms with van der Waals surface area (Å²) >= 11 is 3.20. The van der Waals surface area contributed by atoms with Crippen LogP contribution in [-0.4, -0.2) is 18.4 Å². The first kappa shape index (κ1) is 13.1. The molecule has 0 unspecified atom stereocenters. The summed E-state index contributed by atoms with van der Waals surface area (Å²) < 4.78 is 27.0. The van der Waals surface area contributed by atoms with E-state index in [9.17, 15) is 8.42 Å². The Hall–Kier alpha value is -1.31. The molecule has 94 valence electrons. The highest BCUT2D eigenvalue weighted by Gasteiger charge is 2.15. The minimum absolute atomic E-state index is 0.0124. The molecule has 0 atom stereocenters. The molecule has 0 saturated carbocycles. The van der Waals surface area contributed by atoms with Gasteiger partial charge in [-0.15, -0.1) is 0 Å². The normalized spacial score (nSPS) is 11.4. The fourth-order valence-electron chi connectivity index (χ4n) is 1.27. The van der Waals surface area contributed by atoms with Crippen LogP contribution in [0.4, 0.5) is 0 Å². The van der Waals surface area contributed by atoms with Gasteiger partial charge < -0.3 is 0 Å². The van der Waals surface area contributed by atoms with Crippen LogP contribution < -0.4 is 4.72 Å². The number of pyridine rings is 2. The average Bonchev–Trinajstić information content (AvgIpc) is 2.38. The van der Waals surface area contributed by atoms with Crippen LogP contribution in [0.5, 0.6) is 0 Å². The monoisotopic (exact) mass is 327 g/mol. The van der Waals surface area contributed by atoms with E-state index in [1.807, 2.05) is 0 Å². The van der Waals surface area contributed by atoms with Gasteiger partial charge in [0, 0.05) is 16.9 Å². The molecule has 0 aliphatic carbocycles. The minimum atomic E-state index is -3.60. The fourth-order valence-corrected chi connectivity index (χ4v) is 2.43. The van der Waals surface area contributed by atoms with E-state index >= 15 is 0 Å². The lowest BCUT2D eigenvalue weighted by Crippen LogP contribution is -2.24. The lowest BCUT2D eigenvalue weighted by molar-refractivity contribution is 0.576. The first-order valence-electron chi connectivity index (χ1n) is 5.09. The summed E-state index contributed by atoms with van der Waals surface area (Å²) in [6, 6.07) is 8.38. The lowest BCUT2D eigenvalue weighted by Gasteiger charge is -2.05. The van der Waals surface area contributed by atoms with Crippen LogP contribution >= 0.6 is 15.9 Å². The Morgan fingerprint density at radius 3 is 2.61 bits per heavy atom. The molecule has 0 radical (unpaired) electrons. The van der Waals surface area contributed by atoms with Crippen molar-refractivity contribution in [3.05, 3.63) is 52.9 Å². The second-order valence-electron chi connectivity index (χ2n) is 3.46. The quantitative estimate of drug-likeness (QED) is 0.928.